The third kappa shape index (κ3) is 1.86. The van der Waals surface area contributed by atoms with Crippen molar-refractivity contribution in [2.24, 2.45) is 0 Å². The van der Waals surface area contributed by atoms with Crippen LogP contribution in [-0.4, -0.2) is 31.9 Å². The van der Waals surface area contributed by atoms with Crippen molar-refractivity contribution in [1.82, 2.24) is 5.32 Å². The Morgan fingerprint density at radius 3 is 2.62 bits per heavy atom. The zero-order chi connectivity index (χ0) is 11.6. The molecular weight excluding hydrogens is 206 g/mol. The molecule has 0 aromatic heterocycles. The highest BCUT2D eigenvalue weighted by molar-refractivity contribution is 5.45. The minimum Gasteiger partial charge on any atom is -0.493 e. The fourth-order valence-corrected chi connectivity index (χ4v) is 1.80. The van der Waals surface area contributed by atoms with Crippen LogP contribution >= 0.6 is 0 Å². The Morgan fingerprint density at radius 1 is 1.38 bits per heavy atom. The topological polar surface area (TPSA) is 50.7 Å². The lowest BCUT2D eigenvalue weighted by Gasteiger charge is -2.38. The Labute approximate surface area is 95.2 Å². The van der Waals surface area contributed by atoms with E-state index < -0.39 is 5.60 Å². The van der Waals surface area contributed by atoms with Crippen LogP contribution in [0.4, 0.5) is 0 Å². The number of methoxy groups -OCH3 is 1. The molecule has 1 aliphatic heterocycles. The Morgan fingerprint density at radius 2 is 2.12 bits per heavy atom. The minimum absolute atomic E-state index is 0.580. The van der Waals surface area contributed by atoms with Crippen molar-refractivity contribution in [3.05, 3.63) is 23.8 Å². The van der Waals surface area contributed by atoms with Crippen LogP contribution in [-0.2, 0) is 5.60 Å². The standard InChI is InChI=1S/C12H17NO3/c1-3-16-11-6-9(4-5-10(11)15-2)12(14)7-13-8-12/h4-6,13-14H,3,7-8H2,1-2H3. The molecule has 0 atom stereocenters. The van der Waals surface area contributed by atoms with Gasteiger partial charge in [-0.05, 0) is 24.6 Å². The van der Waals surface area contributed by atoms with Crippen LogP contribution in [0, 0.1) is 0 Å². The van der Waals surface area contributed by atoms with Gasteiger partial charge in [0.1, 0.15) is 5.60 Å². The van der Waals surface area contributed by atoms with Gasteiger partial charge in [-0.15, -0.1) is 0 Å². The van der Waals surface area contributed by atoms with E-state index in [9.17, 15) is 5.11 Å². The maximum absolute atomic E-state index is 10.2. The van der Waals surface area contributed by atoms with Crippen LogP contribution in [0.3, 0.4) is 0 Å². The summed E-state index contributed by atoms with van der Waals surface area (Å²) in [5, 5.41) is 13.2. The molecule has 1 fully saturated rings. The van der Waals surface area contributed by atoms with E-state index in [1.165, 1.54) is 0 Å². The second-order valence-corrected chi connectivity index (χ2v) is 3.93. The maximum Gasteiger partial charge on any atom is 0.161 e. The van der Waals surface area contributed by atoms with Crippen molar-refractivity contribution in [3.8, 4) is 11.5 Å². The number of hydrogen-bond acceptors (Lipinski definition) is 4. The van der Waals surface area contributed by atoms with Gasteiger partial charge in [0.25, 0.3) is 0 Å². The number of nitrogens with one attached hydrogen (secondary N) is 1. The Kier molecular flexibility index (Phi) is 3.03. The molecule has 2 rings (SSSR count). The molecule has 0 amide bonds. The van der Waals surface area contributed by atoms with Crippen LogP contribution in [0.5, 0.6) is 11.5 Å². The van der Waals surface area contributed by atoms with Crippen LogP contribution in [0.1, 0.15) is 12.5 Å². The van der Waals surface area contributed by atoms with Gasteiger partial charge in [-0.2, -0.15) is 0 Å². The van der Waals surface area contributed by atoms with Gasteiger partial charge in [-0.25, -0.2) is 0 Å². The normalized spacial score (nSPS) is 17.7. The average Bonchev–Trinajstić information content (AvgIpc) is 2.26. The number of benzene rings is 1. The van der Waals surface area contributed by atoms with E-state index in [2.05, 4.69) is 5.32 Å². The summed E-state index contributed by atoms with van der Waals surface area (Å²) in [6, 6.07) is 5.56. The number of ether oxygens (including phenoxy) is 2. The molecule has 4 nitrogen and oxygen atoms in total. The molecule has 1 heterocycles. The maximum atomic E-state index is 10.2. The summed E-state index contributed by atoms with van der Waals surface area (Å²) in [7, 11) is 1.61. The SMILES string of the molecule is CCOc1cc(C2(O)CNC2)ccc1OC. The summed E-state index contributed by atoms with van der Waals surface area (Å²) < 4.78 is 10.7. The quantitative estimate of drug-likeness (QED) is 0.795. The molecule has 4 heteroatoms. The molecular formula is C12H17NO3. The summed E-state index contributed by atoms with van der Waals surface area (Å²) in [5.41, 5.74) is 0.119. The molecule has 16 heavy (non-hydrogen) atoms. The van der Waals surface area contributed by atoms with E-state index >= 15 is 0 Å². The molecule has 0 radical (unpaired) electrons. The van der Waals surface area contributed by atoms with Gasteiger partial charge >= 0.3 is 0 Å². The lowest BCUT2D eigenvalue weighted by atomic mass is 9.88. The second kappa shape index (κ2) is 4.31. The molecule has 0 aliphatic carbocycles. The number of β-amino-alcohol motifs (C(OH)–C–C–N with tert-alkyl or cyclic N) is 1. The molecule has 2 N–H and O–H groups in total. The van der Waals surface area contributed by atoms with Gasteiger partial charge in [0.2, 0.25) is 0 Å². The van der Waals surface area contributed by atoms with E-state index in [-0.39, 0.29) is 0 Å². The van der Waals surface area contributed by atoms with Crippen molar-refractivity contribution in [3.63, 3.8) is 0 Å². The summed E-state index contributed by atoms with van der Waals surface area (Å²) in [6.45, 7) is 3.68. The molecule has 1 aromatic carbocycles. The van der Waals surface area contributed by atoms with Crippen molar-refractivity contribution >= 4 is 0 Å². The van der Waals surface area contributed by atoms with Crippen molar-refractivity contribution in [2.45, 2.75) is 12.5 Å². The van der Waals surface area contributed by atoms with Crippen LogP contribution in [0.15, 0.2) is 18.2 Å². The summed E-state index contributed by atoms with van der Waals surface area (Å²) >= 11 is 0. The molecule has 0 bridgehead atoms. The van der Waals surface area contributed by atoms with Crippen molar-refractivity contribution in [2.75, 3.05) is 26.8 Å². The predicted octanol–water partition coefficient (Wildman–Crippen LogP) is 0.885. The van der Waals surface area contributed by atoms with E-state index in [1.807, 2.05) is 25.1 Å². The van der Waals surface area contributed by atoms with Crippen molar-refractivity contribution in [1.29, 1.82) is 0 Å². The summed E-state index contributed by atoms with van der Waals surface area (Å²) in [4.78, 5) is 0. The van der Waals surface area contributed by atoms with E-state index in [4.69, 9.17) is 9.47 Å². The van der Waals surface area contributed by atoms with Crippen LogP contribution < -0.4 is 14.8 Å². The third-order valence-corrected chi connectivity index (χ3v) is 2.84. The fraction of sp³-hybridized carbons (Fsp3) is 0.500. The first-order valence-electron chi connectivity index (χ1n) is 5.44. The molecule has 0 unspecified atom stereocenters. The predicted molar refractivity (Wildman–Crippen MR) is 60.9 cm³/mol. The lowest BCUT2D eigenvalue weighted by Crippen LogP contribution is -2.56. The first-order valence-corrected chi connectivity index (χ1v) is 5.44. The fourth-order valence-electron chi connectivity index (χ4n) is 1.80. The van der Waals surface area contributed by atoms with E-state index in [1.54, 1.807) is 7.11 Å². The summed E-state index contributed by atoms with van der Waals surface area (Å²) in [5.74, 6) is 1.38. The number of rotatable bonds is 4. The molecule has 88 valence electrons. The van der Waals surface area contributed by atoms with E-state index in [0.29, 0.717) is 31.2 Å². The molecule has 0 spiro atoms. The first kappa shape index (κ1) is 11.2. The highest BCUT2D eigenvalue weighted by atomic mass is 16.5. The molecule has 1 saturated heterocycles. The van der Waals surface area contributed by atoms with Crippen LogP contribution in [0.2, 0.25) is 0 Å². The first-order chi connectivity index (χ1) is 7.69. The molecule has 1 aliphatic rings. The smallest absolute Gasteiger partial charge is 0.161 e. The largest absolute Gasteiger partial charge is 0.493 e. The van der Waals surface area contributed by atoms with Crippen molar-refractivity contribution < 1.29 is 14.6 Å². The highest BCUT2D eigenvalue weighted by Gasteiger charge is 2.36. The minimum atomic E-state index is -0.752. The van der Waals surface area contributed by atoms with Gasteiger partial charge in [-0.3, -0.25) is 0 Å². The van der Waals surface area contributed by atoms with Gasteiger partial charge in [0, 0.05) is 13.1 Å². The van der Waals surface area contributed by atoms with Gasteiger partial charge in [0.05, 0.1) is 13.7 Å². The lowest BCUT2D eigenvalue weighted by molar-refractivity contribution is -0.0148. The molecule has 1 aromatic rings. The number of aliphatic hydroxyl groups is 1. The summed E-state index contributed by atoms with van der Waals surface area (Å²) in [6.07, 6.45) is 0. The Balaban J connectivity index is 2.30. The molecule has 0 saturated carbocycles. The van der Waals surface area contributed by atoms with Gasteiger partial charge < -0.3 is 19.9 Å². The third-order valence-electron chi connectivity index (χ3n) is 2.84. The second-order valence-electron chi connectivity index (χ2n) is 3.93. The zero-order valence-corrected chi connectivity index (χ0v) is 9.62. The number of hydrogen-bond donors (Lipinski definition) is 2. The van der Waals surface area contributed by atoms with Crippen LogP contribution in [0.25, 0.3) is 0 Å². The Hall–Kier alpha value is -1.26. The monoisotopic (exact) mass is 223 g/mol. The highest BCUT2D eigenvalue weighted by Crippen LogP contribution is 2.34. The Bertz CT molecular complexity index is 375. The van der Waals surface area contributed by atoms with Gasteiger partial charge in [-0.1, -0.05) is 6.07 Å². The van der Waals surface area contributed by atoms with Gasteiger partial charge in [0.15, 0.2) is 11.5 Å². The zero-order valence-electron chi connectivity index (χ0n) is 9.62. The average molecular weight is 223 g/mol. The van der Waals surface area contributed by atoms with E-state index in [0.717, 1.165) is 5.56 Å².